The molecule has 4 atom stereocenters. The molecular formula is C14H25NO. The van der Waals surface area contributed by atoms with Gasteiger partial charge < -0.3 is 10.1 Å². The Morgan fingerprint density at radius 3 is 2.56 bits per heavy atom. The second kappa shape index (κ2) is 3.99. The summed E-state index contributed by atoms with van der Waals surface area (Å²) in [4.78, 5) is 0. The summed E-state index contributed by atoms with van der Waals surface area (Å²) >= 11 is 0. The molecule has 1 saturated heterocycles. The van der Waals surface area contributed by atoms with Crippen molar-refractivity contribution in [2.45, 2.75) is 57.7 Å². The molecule has 2 nitrogen and oxygen atoms in total. The van der Waals surface area contributed by atoms with Crippen LogP contribution in [0.5, 0.6) is 0 Å². The van der Waals surface area contributed by atoms with Crippen LogP contribution in [0.3, 0.4) is 0 Å². The van der Waals surface area contributed by atoms with E-state index in [0.717, 1.165) is 11.8 Å². The maximum absolute atomic E-state index is 6.02. The molecule has 0 aromatic heterocycles. The Balaban J connectivity index is 1.60. The van der Waals surface area contributed by atoms with Crippen LogP contribution in [0.2, 0.25) is 0 Å². The molecular weight excluding hydrogens is 198 g/mol. The Morgan fingerprint density at radius 1 is 1.25 bits per heavy atom. The van der Waals surface area contributed by atoms with Crippen LogP contribution >= 0.6 is 0 Å². The van der Waals surface area contributed by atoms with Gasteiger partial charge in [0, 0.05) is 6.54 Å². The Kier molecular flexibility index (Phi) is 2.75. The van der Waals surface area contributed by atoms with Gasteiger partial charge in [0.15, 0.2) is 0 Å². The minimum Gasteiger partial charge on any atom is -0.375 e. The molecule has 0 spiro atoms. The lowest BCUT2D eigenvalue weighted by atomic mass is 9.77. The molecule has 3 aliphatic rings. The third kappa shape index (κ3) is 2.02. The van der Waals surface area contributed by atoms with Crippen LogP contribution in [0.1, 0.15) is 45.4 Å². The van der Waals surface area contributed by atoms with Crippen molar-refractivity contribution in [3.8, 4) is 0 Å². The lowest BCUT2D eigenvalue weighted by Gasteiger charge is -2.33. The van der Waals surface area contributed by atoms with E-state index in [4.69, 9.17) is 4.74 Å². The highest BCUT2D eigenvalue weighted by Crippen LogP contribution is 2.61. The fourth-order valence-electron chi connectivity index (χ4n) is 4.28. The van der Waals surface area contributed by atoms with Crippen molar-refractivity contribution < 1.29 is 4.74 Å². The molecule has 3 rings (SSSR count). The van der Waals surface area contributed by atoms with Gasteiger partial charge in [-0.25, -0.2) is 0 Å². The summed E-state index contributed by atoms with van der Waals surface area (Å²) in [5.41, 5.74) is 0.580. The fraction of sp³-hybridized carbons (Fsp3) is 1.00. The van der Waals surface area contributed by atoms with Gasteiger partial charge in [0.2, 0.25) is 0 Å². The normalized spacial score (nSPS) is 50.6. The van der Waals surface area contributed by atoms with Crippen LogP contribution in [-0.2, 0) is 4.74 Å². The predicted molar refractivity (Wildman–Crippen MR) is 65.4 cm³/mol. The SMILES string of the molecule is CNCC1(CC2CCC(C)O2)CC2CC2C1. The van der Waals surface area contributed by atoms with Gasteiger partial charge in [-0.1, -0.05) is 0 Å². The number of rotatable bonds is 4. The summed E-state index contributed by atoms with van der Waals surface area (Å²) in [6, 6.07) is 0. The standard InChI is InChI=1S/C14H25NO/c1-10-3-4-13(16-10)8-14(9-15-2)6-11-5-12(11)7-14/h10-13,15H,3-9H2,1-2H3. The van der Waals surface area contributed by atoms with E-state index in [1.165, 1.54) is 45.1 Å². The van der Waals surface area contributed by atoms with Crippen LogP contribution in [-0.4, -0.2) is 25.8 Å². The molecule has 0 radical (unpaired) electrons. The number of hydrogen-bond donors (Lipinski definition) is 1. The van der Waals surface area contributed by atoms with Gasteiger partial charge in [-0.05, 0) is 69.7 Å². The van der Waals surface area contributed by atoms with Gasteiger partial charge in [0.25, 0.3) is 0 Å². The fourth-order valence-corrected chi connectivity index (χ4v) is 4.28. The molecule has 1 aliphatic heterocycles. The van der Waals surface area contributed by atoms with Crippen LogP contribution in [0.15, 0.2) is 0 Å². The number of nitrogens with one attached hydrogen (secondary N) is 1. The molecule has 2 saturated carbocycles. The first-order chi connectivity index (χ1) is 7.71. The summed E-state index contributed by atoms with van der Waals surface area (Å²) in [5, 5.41) is 3.42. The highest BCUT2D eigenvalue weighted by Gasteiger charge is 2.54. The lowest BCUT2D eigenvalue weighted by molar-refractivity contribution is 0.0199. The van der Waals surface area contributed by atoms with E-state index < -0.39 is 0 Å². The van der Waals surface area contributed by atoms with Gasteiger partial charge in [0.05, 0.1) is 12.2 Å². The lowest BCUT2D eigenvalue weighted by Crippen LogP contribution is -2.35. The van der Waals surface area contributed by atoms with Gasteiger partial charge in [-0.15, -0.1) is 0 Å². The molecule has 4 unspecified atom stereocenters. The van der Waals surface area contributed by atoms with E-state index in [-0.39, 0.29) is 0 Å². The first-order valence-corrected chi connectivity index (χ1v) is 7.01. The van der Waals surface area contributed by atoms with Crippen molar-refractivity contribution in [2.75, 3.05) is 13.6 Å². The van der Waals surface area contributed by atoms with Crippen molar-refractivity contribution in [1.29, 1.82) is 0 Å². The molecule has 0 amide bonds. The largest absolute Gasteiger partial charge is 0.375 e. The highest BCUT2D eigenvalue weighted by molar-refractivity contribution is 5.05. The van der Waals surface area contributed by atoms with Crippen molar-refractivity contribution in [2.24, 2.45) is 17.3 Å². The first kappa shape index (κ1) is 11.0. The molecule has 3 fully saturated rings. The molecule has 0 bridgehead atoms. The first-order valence-electron chi connectivity index (χ1n) is 7.01. The molecule has 0 aromatic carbocycles. The van der Waals surface area contributed by atoms with Gasteiger partial charge in [-0.2, -0.15) is 0 Å². The van der Waals surface area contributed by atoms with E-state index in [1.54, 1.807) is 0 Å². The van der Waals surface area contributed by atoms with Gasteiger partial charge in [-0.3, -0.25) is 0 Å². The molecule has 0 aromatic rings. The molecule has 2 heteroatoms. The van der Waals surface area contributed by atoms with Crippen molar-refractivity contribution in [3.63, 3.8) is 0 Å². The minimum atomic E-state index is 0.507. The summed E-state index contributed by atoms with van der Waals surface area (Å²) in [7, 11) is 2.10. The quantitative estimate of drug-likeness (QED) is 0.791. The summed E-state index contributed by atoms with van der Waals surface area (Å²) in [6.45, 7) is 3.42. The molecule has 1 heterocycles. The van der Waals surface area contributed by atoms with E-state index in [0.29, 0.717) is 17.6 Å². The third-order valence-corrected chi connectivity index (χ3v) is 4.99. The average Bonchev–Trinajstić information content (AvgIpc) is 2.67. The highest BCUT2D eigenvalue weighted by atomic mass is 16.5. The van der Waals surface area contributed by atoms with Crippen LogP contribution < -0.4 is 5.32 Å². The maximum atomic E-state index is 6.02. The number of ether oxygens (including phenoxy) is 1. The zero-order valence-corrected chi connectivity index (χ0v) is 10.7. The van der Waals surface area contributed by atoms with E-state index in [2.05, 4.69) is 19.3 Å². The Labute approximate surface area is 99.1 Å². The summed E-state index contributed by atoms with van der Waals surface area (Å²) in [6.07, 6.45) is 9.39. The maximum Gasteiger partial charge on any atom is 0.0585 e. The average molecular weight is 223 g/mol. The Morgan fingerprint density at radius 2 is 2.00 bits per heavy atom. The predicted octanol–water partition coefficient (Wildman–Crippen LogP) is 2.58. The molecule has 2 aliphatic carbocycles. The second-order valence-corrected chi connectivity index (χ2v) is 6.54. The van der Waals surface area contributed by atoms with E-state index >= 15 is 0 Å². The van der Waals surface area contributed by atoms with Crippen LogP contribution in [0.4, 0.5) is 0 Å². The van der Waals surface area contributed by atoms with Gasteiger partial charge >= 0.3 is 0 Å². The van der Waals surface area contributed by atoms with Crippen LogP contribution in [0, 0.1) is 17.3 Å². The Bertz CT molecular complexity index is 255. The Hall–Kier alpha value is -0.0800. The third-order valence-electron chi connectivity index (χ3n) is 4.99. The van der Waals surface area contributed by atoms with Crippen LogP contribution in [0.25, 0.3) is 0 Å². The monoisotopic (exact) mass is 223 g/mol. The van der Waals surface area contributed by atoms with E-state index in [1.807, 2.05) is 0 Å². The molecule has 1 N–H and O–H groups in total. The van der Waals surface area contributed by atoms with Crippen molar-refractivity contribution >= 4 is 0 Å². The number of hydrogen-bond acceptors (Lipinski definition) is 2. The number of fused-ring (bicyclic) bond motifs is 1. The van der Waals surface area contributed by atoms with Crippen molar-refractivity contribution in [1.82, 2.24) is 5.32 Å². The second-order valence-electron chi connectivity index (χ2n) is 6.54. The zero-order chi connectivity index (χ0) is 11.2. The van der Waals surface area contributed by atoms with Crippen molar-refractivity contribution in [3.05, 3.63) is 0 Å². The smallest absolute Gasteiger partial charge is 0.0585 e. The minimum absolute atomic E-state index is 0.507. The summed E-state index contributed by atoms with van der Waals surface area (Å²) in [5.74, 6) is 2.15. The zero-order valence-electron chi connectivity index (χ0n) is 10.7. The molecule has 16 heavy (non-hydrogen) atoms. The topological polar surface area (TPSA) is 21.3 Å². The summed E-state index contributed by atoms with van der Waals surface area (Å²) < 4.78 is 6.02. The van der Waals surface area contributed by atoms with Gasteiger partial charge in [0.1, 0.15) is 0 Å². The van der Waals surface area contributed by atoms with E-state index in [9.17, 15) is 0 Å². The molecule has 92 valence electrons.